The van der Waals surface area contributed by atoms with Gasteiger partial charge >= 0.3 is 0 Å². The summed E-state index contributed by atoms with van der Waals surface area (Å²) in [5.41, 5.74) is 6.86. The second-order valence-corrected chi connectivity index (χ2v) is 5.64. The van der Waals surface area contributed by atoms with Crippen molar-refractivity contribution in [2.45, 2.75) is 26.7 Å². The zero-order valence-electron chi connectivity index (χ0n) is 13.0. The number of carbonyl (C=O) groups excluding carboxylic acids is 2. The van der Waals surface area contributed by atoms with E-state index in [0.29, 0.717) is 30.1 Å². The Morgan fingerprint density at radius 3 is 2.57 bits per heavy atom. The Labute approximate surface area is 126 Å². The highest BCUT2D eigenvalue weighted by Gasteiger charge is 2.14. The van der Waals surface area contributed by atoms with Crippen molar-refractivity contribution in [2.24, 2.45) is 17.6 Å². The van der Waals surface area contributed by atoms with Gasteiger partial charge in [0.2, 0.25) is 5.91 Å². The fourth-order valence-electron chi connectivity index (χ4n) is 2.29. The summed E-state index contributed by atoms with van der Waals surface area (Å²) in [6, 6.07) is 6.88. The van der Waals surface area contributed by atoms with Crippen molar-refractivity contribution in [1.82, 2.24) is 5.32 Å². The molecule has 0 saturated heterocycles. The molecule has 0 aliphatic rings. The van der Waals surface area contributed by atoms with Gasteiger partial charge in [0, 0.05) is 24.7 Å². The first-order valence-corrected chi connectivity index (χ1v) is 7.28. The third kappa shape index (κ3) is 5.95. The molecule has 1 rings (SSSR count). The van der Waals surface area contributed by atoms with Gasteiger partial charge in [0.05, 0.1) is 0 Å². The van der Waals surface area contributed by atoms with Crippen LogP contribution in [0.1, 0.15) is 37.0 Å². The molecule has 0 aliphatic carbocycles. The molecule has 1 atom stereocenters. The first-order valence-electron chi connectivity index (χ1n) is 7.28. The second kappa shape index (κ2) is 8.42. The van der Waals surface area contributed by atoms with Gasteiger partial charge in [-0.1, -0.05) is 19.9 Å². The van der Waals surface area contributed by atoms with Gasteiger partial charge in [-0.05, 0) is 43.0 Å². The van der Waals surface area contributed by atoms with Crippen molar-refractivity contribution in [3.8, 4) is 0 Å². The van der Waals surface area contributed by atoms with E-state index in [4.69, 9.17) is 5.73 Å². The summed E-state index contributed by atoms with van der Waals surface area (Å²) in [6.07, 6.45) is 1.33. The van der Waals surface area contributed by atoms with Crippen LogP contribution in [0.4, 0.5) is 5.69 Å². The van der Waals surface area contributed by atoms with Crippen LogP contribution in [0, 0.1) is 11.8 Å². The van der Waals surface area contributed by atoms with Gasteiger partial charge in [-0.3, -0.25) is 9.59 Å². The number of nitrogens with two attached hydrogens (primary N) is 1. The second-order valence-electron chi connectivity index (χ2n) is 5.64. The minimum absolute atomic E-state index is 0.0693. The van der Waals surface area contributed by atoms with Crippen LogP contribution in [-0.4, -0.2) is 25.4 Å². The summed E-state index contributed by atoms with van der Waals surface area (Å²) in [7, 11) is 1.57. The maximum Gasteiger partial charge on any atom is 0.251 e. The minimum atomic E-state index is -0.175. The van der Waals surface area contributed by atoms with E-state index in [-0.39, 0.29) is 17.7 Å². The van der Waals surface area contributed by atoms with Gasteiger partial charge in [-0.2, -0.15) is 0 Å². The SMILES string of the molecule is CNC(=O)c1cccc(NC(=O)C[C@@H](CN)CC(C)C)c1. The van der Waals surface area contributed by atoms with Crippen molar-refractivity contribution in [3.63, 3.8) is 0 Å². The quantitative estimate of drug-likeness (QED) is 0.718. The Morgan fingerprint density at radius 1 is 1.29 bits per heavy atom. The Kier molecular flexibility index (Phi) is 6.88. The molecule has 1 aromatic rings. The standard InChI is InChI=1S/C16H25N3O2/c1-11(2)7-12(10-17)8-15(20)19-14-6-4-5-13(9-14)16(21)18-3/h4-6,9,11-12H,7-8,10,17H2,1-3H3,(H,18,21)(H,19,20)/t12-/m0/s1. The van der Waals surface area contributed by atoms with E-state index in [2.05, 4.69) is 24.5 Å². The highest BCUT2D eigenvalue weighted by Crippen LogP contribution is 2.16. The minimum Gasteiger partial charge on any atom is -0.355 e. The summed E-state index contributed by atoms with van der Waals surface area (Å²) in [6.45, 7) is 4.74. The van der Waals surface area contributed by atoms with E-state index < -0.39 is 0 Å². The van der Waals surface area contributed by atoms with Crippen molar-refractivity contribution in [2.75, 3.05) is 18.9 Å². The van der Waals surface area contributed by atoms with E-state index in [1.165, 1.54) is 0 Å². The molecule has 4 N–H and O–H groups in total. The van der Waals surface area contributed by atoms with Gasteiger partial charge in [0.15, 0.2) is 0 Å². The van der Waals surface area contributed by atoms with E-state index >= 15 is 0 Å². The van der Waals surface area contributed by atoms with Crippen LogP contribution in [0.2, 0.25) is 0 Å². The summed E-state index contributed by atoms with van der Waals surface area (Å²) >= 11 is 0. The molecular formula is C16H25N3O2. The van der Waals surface area contributed by atoms with Gasteiger partial charge < -0.3 is 16.4 Å². The molecule has 0 aliphatic heterocycles. The molecule has 0 heterocycles. The summed E-state index contributed by atoms with van der Waals surface area (Å²) in [4.78, 5) is 23.6. The summed E-state index contributed by atoms with van der Waals surface area (Å²) in [5, 5.41) is 5.38. The lowest BCUT2D eigenvalue weighted by Crippen LogP contribution is -2.23. The first kappa shape index (κ1) is 17.2. The highest BCUT2D eigenvalue weighted by molar-refractivity contribution is 5.97. The molecule has 116 valence electrons. The van der Waals surface area contributed by atoms with E-state index in [0.717, 1.165) is 6.42 Å². The van der Waals surface area contributed by atoms with E-state index in [9.17, 15) is 9.59 Å². The van der Waals surface area contributed by atoms with Crippen LogP contribution >= 0.6 is 0 Å². The zero-order valence-corrected chi connectivity index (χ0v) is 13.0. The average molecular weight is 291 g/mol. The number of amides is 2. The van der Waals surface area contributed by atoms with Crippen LogP contribution < -0.4 is 16.4 Å². The summed E-state index contributed by atoms with van der Waals surface area (Å²) < 4.78 is 0. The first-order chi connectivity index (χ1) is 9.96. The Hall–Kier alpha value is -1.88. The van der Waals surface area contributed by atoms with Crippen LogP contribution in [0.25, 0.3) is 0 Å². The third-order valence-electron chi connectivity index (χ3n) is 3.25. The number of nitrogens with one attached hydrogen (secondary N) is 2. The molecule has 0 radical (unpaired) electrons. The van der Waals surface area contributed by atoms with E-state index in [1.807, 2.05) is 0 Å². The molecule has 5 heteroatoms. The fraction of sp³-hybridized carbons (Fsp3) is 0.500. The van der Waals surface area contributed by atoms with Gasteiger partial charge in [-0.25, -0.2) is 0 Å². The third-order valence-corrected chi connectivity index (χ3v) is 3.25. The summed E-state index contributed by atoms with van der Waals surface area (Å²) in [5.74, 6) is 0.459. The monoisotopic (exact) mass is 291 g/mol. The fourth-order valence-corrected chi connectivity index (χ4v) is 2.29. The Balaban J connectivity index is 2.64. The number of benzene rings is 1. The molecule has 0 unspecified atom stereocenters. The Morgan fingerprint density at radius 2 is 2.00 bits per heavy atom. The normalized spacial score (nSPS) is 12.0. The highest BCUT2D eigenvalue weighted by atomic mass is 16.2. The van der Waals surface area contributed by atoms with E-state index in [1.54, 1.807) is 31.3 Å². The Bertz CT molecular complexity index is 486. The lowest BCUT2D eigenvalue weighted by molar-refractivity contribution is -0.117. The number of rotatable bonds is 7. The molecule has 0 spiro atoms. The lowest BCUT2D eigenvalue weighted by Gasteiger charge is -2.16. The molecule has 0 saturated carbocycles. The predicted molar refractivity (Wildman–Crippen MR) is 85.1 cm³/mol. The van der Waals surface area contributed by atoms with Crippen LogP contribution in [0.5, 0.6) is 0 Å². The van der Waals surface area contributed by atoms with Crippen molar-refractivity contribution in [3.05, 3.63) is 29.8 Å². The molecule has 0 aromatic heterocycles. The number of carbonyl (C=O) groups is 2. The maximum atomic E-state index is 12.0. The number of anilines is 1. The maximum absolute atomic E-state index is 12.0. The molecule has 5 nitrogen and oxygen atoms in total. The zero-order chi connectivity index (χ0) is 15.8. The predicted octanol–water partition coefficient (Wildman–Crippen LogP) is 2.00. The molecular weight excluding hydrogens is 266 g/mol. The van der Waals surface area contributed by atoms with Crippen molar-refractivity contribution < 1.29 is 9.59 Å². The number of hydrogen-bond acceptors (Lipinski definition) is 3. The van der Waals surface area contributed by atoms with Gasteiger partial charge in [0.1, 0.15) is 0 Å². The van der Waals surface area contributed by atoms with Gasteiger partial charge in [-0.15, -0.1) is 0 Å². The smallest absolute Gasteiger partial charge is 0.251 e. The molecule has 0 fully saturated rings. The molecule has 0 bridgehead atoms. The van der Waals surface area contributed by atoms with Crippen LogP contribution in [0.15, 0.2) is 24.3 Å². The van der Waals surface area contributed by atoms with Crippen molar-refractivity contribution in [1.29, 1.82) is 0 Å². The number of hydrogen-bond donors (Lipinski definition) is 3. The molecule has 2 amide bonds. The molecule has 21 heavy (non-hydrogen) atoms. The van der Waals surface area contributed by atoms with Gasteiger partial charge in [0.25, 0.3) is 5.91 Å². The van der Waals surface area contributed by atoms with Crippen LogP contribution in [0.3, 0.4) is 0 Å². The topological polar surface area (TPSA) is 84.2 Å². The largest absolute Gasteiger partial charge is 0.355 e. The van der Waals surface area contributed by atoms with Crippen LogP contribution in [-0.2, 0) is 4.79 Å². The lowest BCUT2D eigenvalue weighted by atomic mass is 9.94. The van der Waals surface area contributed by atoms with Crippen molar-refractivity contribution >= 4 is 17.5 Å². The molecule has 1 aromatic carbocycles. The average Bonchev–Trinajstić information content (AvgIpc) is 2.45.